The molecular formula is C19H24N2O3. The molecule has 1 fully saturated rings. The highest BCUT2D eigenvalue weighted by Crippen LogP contribution is 2.23. The van der Waals surface area contributed by atoms with Gasteiger partial charge < -0.3 is 14.6 Å². The third-order valence-electron chi connectivity index (χ3n) is 4.63. The first kappa shape index (κ1) is 16.6. The molecular weight excluding hydrogens is 304 g/mol. The summed E-state index contributed by atoms with van der Waals surface area (Å²) in [7, 11) is 0. The zero-order valence-electron chi connectivity index (χ0n) is 14.2. The largest absolute Gasteiger partial charge is 0.451 e. The van der Waals surface area contributed by atoms with E-state index in [2.05, 4.69) is 5.32 Å². The fraction of sp³-hybridized carbons (Fsp3) is 0.474. The van der Waals surface area contributed by atoms with Crippen LogP contribution in [0.2, 0.25) is 0 Å². The van der Waals surface area contributed by atoms with Gasteiger partial charge in [-0.25, -0.2) is 0 Å². The van der Waals surface area contributed by atoms with E-state index in [1.54, 1.807) is 0 Å². The van der Waals surface area contributed by atoms with Crippen LogP contribution in [0.25, 0.3) is 11.0 Å². The van der Waals surface area contributed by atoms with Gasteiger partial charge in [-0.2, -0.15) is 0 Å². The second-order valence-corrected chi connectivity index (χ2v) is 6.78. The number of rotatable bonds is 4. The number of furan rings is 1. The summed E-state index contributed by atoms with van der Waals surface area (Å²) in [6, 6.07) is 9.46. The molecule has 128 valence electrons. The van der Waals surface area contributed by atoms with E-state index in [-0.39, 0.29) is 17.7 Å². The van der Waals surface area contributed by atoms with Crippen molar-refractivity contribution in [1.29, 1.82) is 0 Å². The zero-order chi connectivity index (χ0) is 17.1. The number of nitrogens with zero attached hydrogens (tertiary/aromatic N) is 1. The molecule has 0 atom stereocenters. The number of hydrogen-bond donors (Lipinski definition) is 1. The van der Waals surface area contributed by atoms with Crippen LogP contribution in [0.15, 0.2) is 34.7 Å². The van der Waals surface area contributed by atoms with Crippen molar-refractivity contribution in [2.24, 2.45) is 11.8 Å². The highest BCUT2D eigenvalue weighted by molar-refractivity contribution is 5.96. The minimum Gasteiger partial charge on any atom is -0.451 e. The van der Waals surface area contributed by atoms with Crippen LogP contribution >= 0.6 is 0 Å². The van der Waals surface area contributed by atoms with Crippen molar-refractivity contribution in [3.63, 3.8) is 0 Å². The van der Waals surface area contributed by atoms with Crippen LogP contribution in [0, 0.1) is 11.8 Å². The molecule has 1 aromatic carbocycles. The zero-order valence-corrected chi connectivity index (χ0v) is 14.2. The van der Waals surface area contributed by atoms with Crippen LogP contribution in [-0.4, -0.2) is 36.3 Å². The SMILES string of the molecule is CC(C)C(=O)NCC1CCN(C(=O)c2cc3ccccc3o2)CC1. The molecule has 3 rings (SSSR count). The summed E-state index contributed by atoms with van der Waals surface area (Å²) in [4.78, 5) is 26.1. The maximum atomic E-state index is 12.6. The number of hydrogen-bond acceptors (Lipinski definition) is 3. The molecule has 0 spiro atoms. The second-order valence-electron chi connectivity index (χ2n) is 6.78. The Morgan fingerprint density at radius 2 is 1.96 bits per heavy atom. The van der Waals surface area contributed by atoms with Crippen LogP contribution in [-0.2, 0) is 4.79 Å². The minimum atomic E-state index is -0.0455. The summed E-state index contributed by atoms with van der Waals surface area (Å²) in [5.41, 5.74) is 0.743. The van der Waals surface area contributed by atoms with Crippen molar-refractivity contribution in [3.8, 4) is 0 Å². The first-order valence-electron chi connectivity index (χ1n) is 8.60. The van der Waals surface area contributed by atoms with Gasteiger partial charge in [-0.3, -0.25) is 9.59 Å². The van der Waals surface area contributed by atoms with Gasteiger partial charge in [0, 0.05) is 30.9 Å². The standard InChI is InChI=1S/C19H24N2O3/c1-13(2)18(22)20-12-14-7-9-21(10-8-14)19(23)17-11-15-5-3-4-6-16(15)24-17/h3-6,11,13-14H,7-10,12H2,1-2H3,(H,20,22). The highest BCUT2D eigenvalue weighted by atomic mass is 16.3. The van der Waals surface area contributed by atoms with Crippen LogP contribution in [0.4, 0.5) is 0 Å². The lowest BCUT2D eigenvalue weighted by molar-refractivity contribution is -0.124. The molecule has 0 radical (unpaired) electrons. The molecule has 0 saturated carbocycles. The molecule has 2 heterocycles. The van der Waals surface area contributed by atoms with Crippen molar-refractivity contribution in [2.45, 2.75) is 26.7 Å². The maximum Gasteiger partial charge on any atom is 0.289 e. The Kier molecular flexibility index (Phi) is 4.88. The van der Waals surface area contributed by atoms with Gasteiger partial charge in [0.05, 0.1) is 0 Å². The quantitative estimate of drug-likeness (QED) is 0.938. The van der Waals surface area contributed by atoms with E-state index in [4.69, 9.17) is 4.42 Å². The Balaban J connectivity index is 1.54. The Morgan fingerprint density at radius 1 is 1.25 bits per heavy atom. The van der Waals surface area contributed by atoms with Crippen LogP contribution in [0.1, 0.15) is 37.2 Å². The molecule has 0 unspecified atom stereocenters. The molecule has 1 aliphatic rings. The molecule has 2 amide bonds. The Hall–Kier alpha value is -2.30. The van der Waals surface area contributed by atoms with Crippen molar-refractivity contribution in [2.75, 3.05) is 19.6 Å². The highest BCUT2D eigenvalue weighted by Gasteiger charge is 2.26. The molecule has 1 aromatic heterocycles. The topological polar surface area (TPSA) is 62.6 Å². The number of amides is 2. The van der Waals surface area contributed by atoms with E-state index in [1.807, 2.05) is 49.1 Å². The molecule has 2 aromatic rings. The number of nitrogens with one attached hydrogen (secondary N) is 1. The first-order chi connectivity index (χ1) is 11.5. The predicted molar refractivity (Wildman–Crippen MR) is 92.7 cm³/mol. The second kappa shape index (κ2) is 7.07. The molecule has 5 nitrogen and oxygen atoms in total. The summed E-state index contributed by atoms with van der Waals surface area (Å²) < 4.78 is 5.67. The average Bonchev–Trinajstić information content (AvgIpc) is 3.03. The van der Waals surface area contributed by atoms with Gasteiger partial charge in [-0.05, 0) is 30.9 Å². The van der Waals surface area contributed by atoms with Crippen LogP contribution < -0.4 is 5.32 Å². The van der Waals surface area contributed by atoms with Crippen LogP contribution in [0.3, 0.4) is 0 Å². The Labute approximate surface area is 142 Å². The van der Waals surface area contributed by atoms with Crippen molar-refractivity contribution < 1.29 is 14.0 Å². The summed E-state index contributed by atoms with van der Waals surface area (Å²) in [5, 5.41) is 3.94. The number of piperidine rings is 1. The molecule has 24 heavy (non-hydrogen) atoms. The van der Waals surface area contributed by atoms with Crippen LogP contribution in [0.5, 0.6) is 0 Å². The van der Waals surface area contributed by atoms with Gasteiger partial charge >= 0.3 is 0 Å². The fourth-order valence-electron chi connectivity index (χ4n) is 3.03. The first-order valence-corrected chi connectivity index (χ1v) is 8.60. The number of para-hydroxylation sites is 1. The normalized spacial score (nSPS) is 15.9. The van der Waals surface area contributed by atoms with E-state index >= 15 is 0 Å². The Bertz CT molecular complexity index is 694. The van der Waals surface area contributed by atoms with Crippen molar-refractivity contribution in [3.05, 3.63) is 36.1 Å². The van der Waals surface area contributed by atoms with E-state index in [9.17, 15) is 9.59 Å². The summed E-state index contributed by atoms with van der Waals surface area (Å²) in [5.74, 6) is 0.904. The van der Waals surface area contributed by atoms with Gasteiger partial charge in [-0.15, -0.1) is 0 Å². The summed E-state index contributed by atoms with van der Waals surface area (Å²) in [6.45, 7) is 5.90. The Morgan fingerprint density at radius 3 is 2.62 bits per heavy atom. The molecule has 0 aliphatic carbocycles. The number of carbonyl (C=O) groups excluding carboxylic acids is 2. The monoisotopic (exact) mass is 328 g/mol. The van der Waals surface area contributed by atoms with Gasteiger partial charge in [0.25, 0.3) is 5.91 Å². The average molecular weight is 328 g/mol. The van der Waals surface area contributed by atoms with Gasteiger partial charge in [0.15, 0.2) is 5.76 Å². The van der Waals surface area contributed by atoms with E-state index in [0.29, 0.717) is 31.3 Å². The third kappa shape index (κ3) is 3.61. The van der Waals surface area contributed by atoms with Crippen molar-refractivity contribution >= 4 is 22.8 Å². The smallest absolute Gasteiger partial charge is 0.289 e. The van der Waals surface area contributed by atoms with Crippen molar-refractivity contribution in [1.82, 2.24) is 10.2 Å². The lowest BCUT2D eigenvalue weighted by Crippen LogP contribution is -2.42. The number of likely N-dealkylation sites (tertiary alicyclic amines) is 1. The number of carbonyl (C=O) groups is 2. The molecule has 5 heteroatoms. The molecule has 0 bridgehead atoms. The fourth-order valence-corrected chi connectivity index (χ4v) is 3.03. The summed E-state index contributed by atoms with van der Waals surface area (Å²) in [6.07, 6.45) is 1.81. The lowest BCUT2D eigenvalue weighted by Gasteiger charge is -2.31. The predicted octanol–water partition coefficient (Wildman–Crippen LogP) is 3.06. The van der Waals surface area contributed by atoms with E-state index < -0.39 is 0 Å². The molecule has 1 N–H and O–H groups in total. The summed E-state index contributed by atoms with van der Waals surface area (Å²) >= 11 is 0. The van der Waals surface area contributed by atoms with E-state index in [0.717, 1.165) is 23.8 Å². The van der Waals surface area contributed by atoms with E-state index in [1.165, 1.54) is 0 Å². The number of benzene rings is 1. The van der Waals surface area contributed by atoms with Gasteiger partial charge in [0.1, 0.15) is 5.58 Å². The third-order valence-corrected chi connectivity index (χ3v) is 4.63. The molecule has 1 saturated heterocycles. The number of fused-ring (bicyclic) bond motifs is 1. The van der Waals surface area contributed by atoms with Gasteiger partial charge in [0.2, 0.25) is 5.91 Å². The van der Waals surface area contributed by atoms with Gasteiger partial charge in [-0.1, -0.05) is 32.0 Å². The lowest BCUT2D eigenvalue weighted by atomic mass is 9.96. The minimum absolute atomic E-state index is 0.0137. The maximum absolute atomic E-state index is 12.6. The molecule has 1 aliphatic heterocycles.